The summed E-state index contributed by atoms with van der Waals surface area (Å²) in [6.45, 7) is 7.73. The third-order valence-corrected chi connectivity index (χ3v) is 6.58. The van der Waals surface area contributed by atoms with Gasteiger partial charge in [-0.25, -0.2) is 0 Å². The van der Waals surface area contributed by atoms with Crippen molar-refractivity contribution in [2.75, 3.05) is 26.2 Å². The molecule has 4 rings (SSSR count). The Balaban J connectivity index is 1.56. The van der Waals surface area contributed by atoms with Crippen LogP contribution in [-0.4, -0.2) is 47.1 Å². The van der Waals surface area contributed by atoms with Crippen molar-refractivity contribution < 1.29 is 4.79 Å². The molecule has 24 heavy (non-hydrogen) atoms. The summed E-state index contributed by atoms with van der Waals surface area (Å²) in [4.78, 5) is 22.7. The van der Waals surface area contributed by atoms with Gasteiger partial charge in [0.1, 0.15) is 0 Å². The van der Waals surface area contributed by atoms with Crippen LogP contribution in [0.2, 0.25) is 0 Å². The zero-order valence-electron chi connectivity index (χ0n) is 14.3. The van der Waals surface area contributed by atoms with Crippen LogP contribution in [0, 0.1) is 0 Å². The van der Waals surface area contributed by atoms with Gasteiger partial charge in [-0.15, -0.1) is 0 Å². The molecule has 1 aromatic rings. The molecule has 3 aliphatic heterocycles. The highest BCUT2D eigenvalue weighted by atomic mass is 32.2. The SMILES string of the molecule is CC1=C(C(=O)N2CCC[C@@](C)(c3ccccc3)C2)SC2=NCCN21. The van der Waals surface area contributed by atoms with E-state index in [2.05, 4.69) is 54.1 Å². The highest BCUT2D eigenvalue weighted by Crippen LogP contribution is 2.39. The van der Waals surface area contributed by atoms with E-state index in [0.717, 1.165) is 54.8 Å². The minimum Gasteiger partial charge on any atom is -0.337 e. The smallest absolute Gasteiger partial charge is 0.262 e. The molecular formula is C19H23N3OS. The second-order valence-corrected chi connectivity index (χ2v) is 8.07. The Morgan fingerprint density at radius 2 is 2.04 bits per heavy atom. The van der Waals surface area contributed by atoms with Crippen molar-refractivity contribution in [3.63, 3.8) is 0 Å². The number of nitrogens with zero attached hydrogens (tertiary/aromatic N) is 3. The van der Waals surface area contributed by atoms with Crippen molar-refractivity contribution in [3.8, 4) is 0 Å². The van der Waals surface area contributed by atoms with Gasteiger partial charge in [0, 0.05) is 30.7 Å². The molecule has 1 amide bonds. The lowest BCUT2D eigenvalue weighted by Gasteiger charge is -2.41. The zero-order valence-corrected chi connectivity index (χ0v) is 15.1. The maximum atomic E-state index is 13.1. The van der Waals surface area contributed by atoms with Gasteiger partial charge in [-0.1, -0.05) is 37.3 Å². The number of carbonyl (C=O) groups excluding carboxylic acids is 1. The summed E-state index contributed by atoms with van der Waals surface area (Å²) in [5.74, 6) is 0.177. The maximum Gasteiger partial charge on any atom is 0.262 e. The molecule has 3 aliphatic rings. The van der Waals surface area contributed by atoms with Gasteiger partial charge in [0.25, 0.3) is 5.91 Å². The van der Waals surface area contributed by atoms with Gasteiger partial charge < -0.3 is 9.80 Å². The minimum atomic E-state index is 0.0422. The fraction of sp³-hybridized carbons (Fsp3) is 0.474. The molecule has 4 nitrogen and oxygen atoms in total. The molecule has 0 N–H and O–H groups in total. The fourth-order valence-electron chi connectivity index (χ4n) is 3.94. The van der Waals surface area contributed by atoms with Crippen LogP contribution in [0.25, 0.3) is 0 Å². The first kappa shape index (κ1) is 15.8. The molecule has 5 heteroatoms. The average Bonchev–Trinajstić information content (AvgIpc) is 3.18. The molecule has 1 atom stereocenters. The maximum absolute atomic E-state index is 13.1. The molecule has 1 saturated heterocycles. The lowest BCUT2D eigenvalue weighted by molar-refractivity contribution is -0.128. The summed E-state index contributed by atoms with van der Waals surface area (Å²) in [7, 11) is 0. The third kappa shape index (κ3) is 2.55. The monoisotopic (exact) mass is 341 g/mol. The van der Waals surface area contributed by atoms with Crippen LogP contribution in [-0.2, 0) is 10.2 Å². The predicted octanol–water partition coefficient (Wildman–Crippen LogP) is 3.22. The summed E-state index contributed by atoms with van der Waals surface area (Å²) in [6.07, 6.45) is 2.18. The van der Waals surface area contributed by atoms with Gasteiger partial charge in [-0.05, 0) is 37.1 Å². The number of likely N-dealkylation sites (tertiary alicyclic amines) is 1. The van der Waals surface area contributed by atoms with Crippen molar-refractivity contribution in [2.45, 2.75) is 32.1 Å². The molecular weight excluding hydrogens is 318 g/mol. The molecule has 0 spiro atoms. The normalized spacial score (nSPS) is 26.7. The van der Waals surface area contributed by atoms with E-state index >= 15 is 0 Å². The number of thioether (sulfide) groups is 1. The fourth-order valence-corrected chi connectivity index (χ4v) is 5.09. The summed E-state index contributed by atoms with van der Waals surface area (Å²) in [5.41, 5.74) is 2.45. The molecule has 0 bridgehead atoms. The van der Waals surface area contributed by atoms with Gasteiger partial charge in [0.05, 0.1) is 11.4 Å². The van der Waals surface area contributed by atoms with Crippen LogP contribution in [0.5, 0.6) is 0 Å². The summed E-state index contributed by atoms with van der Waals surface area (Å²) in [6, 6.07) is 10.6. The van der Waals surface area contributed by atoms with Crippen LogP contribution in [0.4, 0.5) is 0 Å². The quantitative estimate of drug-likeness (QED) is 0.829. The first-order valence-electron chi connectivity index (χ1n) is 8.64. The van der Waals surface area contributed by atoms with Crippen molar-refractivity contribution in [2.24, 2.45) is 4.99 Å². The Bertz CT molecular complexity index is 727. The number of amides is 1. The van der Waals surface area contributed by atoms with Crippen molar-refractivity contribution >= 4 is 22.8 Å². The van der Waals surface area contributed by atoms with Gasteiger partial charge >= 0.3 is 0 Å². The minimum absolute atomic E-state index is 0.0422. The van der Waals surface area contributed by atoms with Crippen LogP contribution >= 0.6 is 11.8 Å². The van der Waals surface area contributed by atoms with Gasteiger partial charge in [0.15, 0.2) is 5.17 Å². The molecule has 1 aromatic carbocycles. The van der Waals surface area contributed by atoms with Crippen molar-refractivity contribution in [3.05, 3.63) is 46.5 Å². The van der Waals surface area contributed by atoms with E-state index in [0.29, 0.717) is 0 Å². The number of amidine groups is 1. The number of aliphatic imine (C=N–C) groups is 1. The molecule has 1 fully saturated rings. The standard InChI is InChI=1S/C19H23N3OS/c1-14-16(24-18-20-10-12-22(14)18)17(23)21-11-6-9-19(2,13-21)15-7-4-3-5-8-15/h3-5,7-8H,6,9-13H2,1-2H3/t19-/m1/s1. The van der Waals surface area contributed by atoms with E-state index in [-0.39, 0.29) is 11.3 Å². The van der Waals surface area contributed by atoms with Crippen LogP contribution in [0.3, 0.4) is 0 Å². The van der Waals surface area contributed by atoms with E-state index in [4.69, 9.17) is 0 Å². The largest absolute Gasteiger partial charge is 0.337 e. The number of benzene rings is 1. The number of rotatable bonds is 2. The highest BCUT2D eigenvalue weighted by Gasteiger charge is 2.39. The van der Waals surface area contributed by atoms with E-state index in [9.17, 15) is 4.79 Å². The molecule has 3 heterocycles. The predicted molar refractivity (Wildman–Crippen MR) is 98.9 cm³/mol. The molecule has 0 unspecified atom stereocenters. The highest BCUT2D eigenvalue weighted by molar-refractivity contribution is 8.18. The lowest BCUT2D eigenvalue weighted by atomic mass is 9.76. The van der Waals surface area contributed by atoms with E-state index < -0.39 is 0 Å². The lowest BCUT2D eigenvalue weighted by Crippen LogP contribution is -2.47. The molecule has 0 radical (unpaired) electrons. The van der Waals surface area contributed by atoms with Gasteiger partial charge in [0.2, 0.25) is 0 Å². The van der Waals surface area contributed by atoms with Crippen molar-refractivity contribution in [1.29, 1.82) is 0 Å². The first-order chi connectivity index (χ1) is 11.6. The van der Waals surface area contributed by atoms with E-state index in [1.54, 1.807) is 11.8 Å². The average molecular weight is 341 g/mol. The third-order valence-electron chi connectivity index (χ3n) is 5.38. The number of allylic oxidation sites excluding steroid dienone is 1. The van der Waals surface area contributed by atoms with Crippen LogP contribution in [0.15, 0.2) is 45.9 Å². The Morgan fingerprint density at radius 3 is 2.79 bits per heavy atom. The molecule has 0 aromatic heterocycles. The van der Waals surface area contributed by atoms with E-state index in [1.807, 2.05) is 4.90 Å². The zero-order chi connectivity index (χ0) is 16.7. The Kier molecular flexibility index (Phi) is 3.91. The van der Waals surface area contributed by atoms with Gasteiger partial charge in [-0.3, -0.25) is 9.79 Å². The summed E-state index contributed by atoms with van der Waals surface area (Å²) < 4.78 is 0. The second-order valence-electron chi connectivity index (χ2n) is 7.09. The summed E-state index contributed by atoms with van der Waals surface area (Å²) >= 11 is 1.55. The number of piperidine rings is 1. The van der Waals surface area contributed by atoms with E-state index in [1.165, 1.54) is 5.56 Å². The van der Waals surface area contributed by atoms with Crippen molar-refractivity contribution in [1.82, 2.24) is 9.80 Å². The number of hydrogen-bond donors (Lipinski definition) is 0. The van der Waals surface area contributed by atoms with Gasteiger partial charge in [-0.2, -0.15) is 0 Å². The number of carbonyl (C=O) groups is 1. The second kappa shape index (κ2) is 5.96. The van der Waals surface area contributed by atoms with Crippen LogP contribution in [0.1, 0.15) is 32.3 Å². The molecule has 0 aliphatic carbocycles. The first-order valence-corrected chi connectivity index (χ1v) is 9.46. The topological polar surface area (TPSA) is 35.9 Å². The Hall–Kier alpha value is -1.75. The Labute approximate surface area is 147 Å². The molecule has 126 valence electrons. The molecule has 0 saturated carbocycles. The summed E-state index contributed by atoms with van der Waals surface area (Å²) in [5, 5.41) is 0.999. The van der Waals surface area contributed by atoms with Crippen LogP contribution < -0.4 is 0 Å². The number of hydrogen-bond acceptors (Lipinski definition) is 4. The Morgan fingerprint density at radius 1 is 1.25 bits per heavy atom. The number of fused-ring (bicyclic) bond motifs is 1.